The summed E-state index contributed by atoms with van der Waals surface area (Å²) in [6, 6.07) is 7.57. The van der Waals surface area contributed by atoms with Gasteiger partial charge in [-0.1, -0.05) is 31.2 Å². The predicted molar refractivity (Wildman–Crippen MR) is 101 cm³/mol. The highest BCUT2D eigenvalue weighted by atomic mass is 35.5. The maximum absolute atomic E-state index is 14.5. The lowest BCUT2D eigenvalue weighted by atomic mass is 9.96. The van der Waals surface area contributed by atoms with Crippen molar-refractivity contribution in [2.45, 2.75) is 12.8 Å². The van der Waals surface area contributed by atoms with Crippen LogP contribution in [0.25, 0.3) is 16.8 Å². The van der Waals surface area contributed by atoms with Crippen LogP contribution in [-0.2, 0) is 0 Å². The lowest BCUT2D eigenvalue weighted by molar-refractivity contribution is 0.337. The number of pyridine rings is 2. The fourth-order valence-corrected chi connectivity index (χ4v) is 3.26. The topological polar surface area (TPSA) is 35.0 Å². The van der Waals surface area contributed by atoms with E-state index in [1.807, 2.05) is 19.1 Å². The molecule has 0 radical (unpaired) electrons. The Hall–Kier alpha value is -2.79. The fourth-order valence-electron chi connectivity index (χ4n) is 3.10. The molecule has 0 spiro atoms. The molecular weight excluding hydrogens is 370 g/mol. The molecule has 1 atom stereocenters. The quantitative estimate of drug-likeness (QED) is 0.549. The Bertz CT molecular complexity index is 1050. The number of ether oxygens (including phenoxy) is 1. The first-order chi connectivity index (χ1) is 13.0. The second kappa shape index (κ2) is 6.74. The molecule has 136 valence electrons. The first kappa shape index (κ1) is 17.6. The molecule has 3 heterocycles. The number of hydrogen-bond acceptors (Lipinski definition) is 3. The summed E-state index contributed by atoms with van der Waals surface area (Å²) in [5.41, 5.74) is 3.32. The highest BCUT2D eigenvalue weighted by Crippen LogP contribution is 2.43. The van der Waals surface area contributed by atoms with Crippen LogP contribution in [0.2, 0.25) is 5.02 Å². The summed E-state index contributed by atoms with van der Waals surface area (Å²) in [7, 11) is 0. The Morgan fingerprint density at radius 3 is 2.81 bits per heavy atom. The smallest absolute Gasteiger partial charge is 0.149 e. The van der Waals surface area contributed by atoms with Gasteiger partial charge in [-0.3, -0.25) is 4.98 Å². The van der Waals surface area contributed by atoms with E-state index in [0.29, 0.717) is 23.6 Å². The normalized spacial score (nSPS) is 15.3. The number of aromatic nitrogens is 2. The van der Waals surface area contributed by atoms with Crippen molar-refractivity contribution in [3.63, 3.8) is 0 Å². The second-order valence-electron chi connectivity index (χ2n) is 6.45. The molecule has 1 aliphatic heterocycles. The SMILES string of the molecule is C=C(c1cccnc1)c1cc2c(c(-c3cc(Cl)c(F)cc3F)n1)OCC2C. The summed E-state index contributed by atoms with van der Waals surface area (Å²) < 4.78 is 33.9. The van der Waals surface area contributed by atoms with Gasteiger partial charge < -0.3 is 4.74 Å². The van der Waals surface area contributed by atoms with Crippen LogP contribution in [0.5, 0.6) is 5.75 Å². The summed E-state index contributed by atoms with van der Waals surface area (Å²) in [4.78, 5) is 8.69. The van der Waals surface area contributed by atoms with E-state index in [2.05, 4.69) is 16.5 Å². The third-order valence-corrected chi connectivity index (χ3v) is 4.88. The number of fused-ring (bicyclic) bond motifs is 1. The Labute approximate surface area is 160 Å². The third-order valence-electron chi connectivity index (χ3n) is 4.59. The summed E-state index contributed by atoms with van der Waals surface area (Å²) in [5, 5.41) is -0.176. The summed E-state index contributed by atoms with van der Waals surface area (Å²) in [6.07, 6.45) is 3.36. The maximum Gasteiger partial charge on any atom is 0.149 e. The minimum absolute atomic E-state index is 0.0904. The van der Waals surface area contributed by atoms with E-state index in [4.69, 9.17) is 16.3 Å². The van der Waals surface area contributed by atoms with Crippen molar-refractivity contribution in [2.75, 3.05) is 6.61 Å². The molecule has 0 N–H and O–H groups in total. The molecule has 27 heavy (non-hydrogen) atoms. The highest BCUT2D eigenvalue weighted by molar-refractivity contribution is 6.31. The van der Waals surface area contributed by atoms with Crippen LogP contribution in [-0.4, -0.2) is 16.6 Å². The van der Waals surface area contributed by atoms with Crippen LogP contribution in [0, 0.1) is 11.6 Å². The van der Waals surface area contributed by atoms with Crippen molar-refractivity contribution < 1.29 is 13.5 Å². The number of halogens is 3. The van der Waals surface area contributed by atoms with E-state index in [9.17, 15) is 8.78 Å². The molecular formula is C21H15ClF2N2O. The van der Waals surface area contributed by atoms with Crippen molar-refractivity contribution in [3.05, 3.63) is 82.8 Å². The molecule has 4 rings (SSSR count). The molecule has 3 nitrogen and oxygen atoms in total. The Morgan fingerprint density at radius 1 is 1.26 bits per heavy atom. The number of benzene rings is 1. The monoisotopic (exact) mass is 384 g/mol. The zero-order valence-corrected chi connectivity index (χ0v) is 15.2. The van der Waals surface area contributed by atoms with E-state index >= 15 is 0 Å². The van der Waals surface area contributed by atoms with Gasteiger partial charge in [0.1, 0.15) is 23.1 Å². The van der Waals surface area contributed by atoms with Gasteiger partial charge in [-0.2, -0.15) is 0 Å². The van der Waals surface area contributed by atoms with Crippen molar-refractivity contribution in [3.8, 4) is 17.0 Å². The van der Waals surface area contributed by atoms with Crippen LogP contribution in [0.1, 0.15) is 29.7 Å². The van der Waals surface area contributed by atoms with Gasteiger partial charge in [0, 0.05) is 46.6 Å². The van der Waals surface area contributed by atoms with Gasteiger partial charge in [0.25, 0.3) is 0 Å². The lowest BCUT2D eigenvalue weighted by Gasteiger charge is -2.14. The Balaban J connectivity index is 1.92. The van der Waals surface area contributed by atoms with Crippen molar-refractivity contribution in [1.82, 2.24) is 9.97 Å². The standard InChI is InChI=1S/C21H15ClF2N2O/c1-11-10-27-21-14(11)7-19(12(2)13-4-3-5-25-9-13)26-20(21)15-6-16(22)18(24)8-17(15)23/h3-9,11H,2,10H2,1H3. The Kier molecular flexibility index (Phi) is 4.40. The van der Waals surface area contributed by atoms with Gasteiger partial charge in [0.2, 0.25) is 0 Å². The molecule has 0 bridgehead atoms. The van der Waals surface area contributed by atoms with Crippen molar-refractivity contribution in [1.29, 1.82) is 0 Å². The maximum atomic E-state index is 14.5. The minimum atomic E-state index is -0.820. The molecule has 0 saturated carbocycles. The van der Waals surface area contributed by atoms with Crippen molar-refractivity contribution >= 4 is 17.2 Å². The van der Waals surface area contributed by atoms with E-state index in [1.165, 1.54) is 6.07 Å². The van der Waals surface area contributed by atoms with E-state index in [1.54, 1.807) is 18.5 Å². The zero-order valence-electron chi connectivity index (χ0n) is 14.5. The molecule has 0 aliphatic carbocycles. The lowest BCUT2D eigenvalue weighted by Crippen LogP contribution is -1.99. The summed E-state index contributed by atoms with van der Waals surface area (Å²) >= 11 is 5.88. The average Bonchev–Trinajstić information content (AvgIpc) is 3.05. The van der Waals surface area contributed by atoms with Gasteiger partial charge in [0.15, 0.2) is 0 Å². The first-order valence-corrected chi connectivity index (χ1v) is 8.76. The van der Waals surface area contributed by atoms with E-state index < -0.39 is 11.6 Å². The largest absolute Gasteiger partial charge is 0.490 e. The second-order valence-corrected chi connectivity index (χ2v) is 6.86. The van der Waals surface area contributed by atoms with Crippen LogP contribution in [0.4, 0.5) is 8.78 Å². The summed E-state index contributed by atoms with van der Waals surface area (Å²) in [5.74, 6) is -0.966. The zero-order chi connectivity index (χ0) is 19.1. The molecule has 0 saturated heterocycles. The van der Waals surface area contributed by atoms with Gasteiger partial charge in [-0.05, 0) is 18.2 Å². The first-order valence-electron chi connectivity index (χ1n) is 8.38. The van der Waals surface area contributed by atoms with Crippen LogP contribution in [0.3, 0.4) is 0 Å². The van der Waals surface area contributed by atoms with Gasteiger partial charge in [-0.25, -0.2) is 13.8 Å². The van der Waals surface area contributed by atoms with Gasteiger partial charge in [-0.15, -0.1) is 0 Å². The number of nitrogens with zero attached hydrogens (tertiary/aromatic N) is 2. The number of rotatable bonds is 3. The predicted octanol–water partition coefficient (Wildman–Crippen LogP) is 5.63. The molecule has 3 aromatic rings. The molecule has 0 amide bonds. The highest BCUT2D eigenvalue weighted by Gasteiger charge is 2.28. The van der Waals surface area contributed by atoms with Crippen LogP contribution < -0.4 is 4.74 Å². The van der Waals surface area contributed by atoms with Gasteiger partial charge in [0.05, 0.1) is 17.3 Å². The fraction of sp³-hybridized carbons (Fsp3) is 0.143. The van der Waals surface area contributed by atoms with Gasteiger partial charge >= 0.3 is 0 Å². The van der Waals surface area contributed by atoms with Crippen LogP contribution in [0.15, 0.2) is 49.3 Å². The molecule has 0 fully saturated rings. The molecule has 1 aromatic carbocycles. The van der Waals surface area contributed by atoms with E-state index in [-0.39, 0.29) is 22.2 Å². The number of hydrogen-bond donors (Lipinski definition) is 0. The molecule has 1 unspecified atom stereocenters. The summed E-state index contributed by atoms with van der Waals surface area (Å²) in [6.45, 7) is 6.59. The molecule has 1 aliphatic rings. The van der Waals surface area contributed by atoms with Crippen molar-refractivity contribution in [2.24, 2.45) is 0 Å². The average molecular weight is 385 g/mol. The minimum Gasteiger partial charge on any atom is -0.490 e. The molecule has 2 aromatic heterocycles. The Morgan fingerprint density at radius 2 is 2.07 bits per heavy atom. The van der Waals surface area contributed by atoms with Crippen LogP contribution >= 0.6 is 11.6 Å². The third kappa shape index (κ3) is 3.08. The van der Waals surface area contributed by atoms with E-state index in [0.717, 1.165) is 17.2 Å². The molecule has 6 heteroatoms.